The van der Waals surface area contributed by atoms with Crippen LogP contribution in [0.2, 0.25) is 5.02 Å². The number of ketones is 1. The van der Waals surface area contributed by atoms with Gasteiger partial charge in [-0.15, -0.1) is 10.2 Å². The molecule has 0 radical (unpaired) electrons. The van der Waals surface area contributed by atoms with Crippen LogP contribution in [0.15, 0.2) is 52.5 Å². The van der Waals surface area contributed by atoms with E-state index in [0.29, 0.717) is 60.8 Å². The summed E-state index contributed by atoms with van der Waals surface area (Å²) in [5, 5.41) is 12.4. The van der Waals surface area contributed by atoms with Crippen LogP contribution in [0.25, 0.3) is 5.69 Å². The van der Waals surface area contributed by atoms with Gasteiger partial charge in [0.05, 0.1) is 29.5 Å². The Kier molecular flexibility index (Phi) is 9.21. The lowest BCUT2D eigenvalue weighted by Crippen LogP contribution is -2.40. The summed E-state index contributed by atoms with van der Waals surface area (Å²) in [6.07, 6.45) is 0.436. The van der Waals surface area contributed by atoms with Crippen molar-refractivity contribution in [3.8, 4) is 5.69 Å². The number of nitrogens with one attached hydrogen (secondary N) is 1. The predicted octanol–water partition coefficient (Wildman–Crippen LogP) is 2.90. The maximum Gasteiger partial charge on any atom is 0.243 e. The minimum Gasteiger partial charge on any atom is -0.379 e. The first-order valence-corrected chi connectivity index (χ1v) is 14.8. The maximum absolute atomic E-state index is 13.0. The molecule has 1 fully saturated rings. The Balaban J connectivity index is 1.49. The normalized spacial score (nSPS) is 14.4. The quantitative estimate of drug-likeness (QED) is 0.288. The zero-order valence-corrected chi connectivity index (χ0v) is 23.4. The molecule has 1 amide bonds. The molecule has 0 bridgehead atoms. The Hall–Kier alpha value is -2.77. The highest BCUT2D eigenvalue weighted by Crippen LogP contribution is 2.27. The zero-order valence-electron chi connectivity index (χ0n) is 21.0. The average Bonchev–Trinajstić information content (AvgIpc) is 3.31. The van der Waals surface area contributed by atoms with E-state index in [-0.39, 0.29) is 22.3 Å². The van der Waals surface area contributed by atoms with E-state index in [2.05, 4.69) is 15.5 Å². The Morgan fingerprint density at radius 2 is 1.82 bits per heavy atom. The lowest BCUT2D eigenvalue weighted by molar-refractivity contribution is -0.118. The molecule has 0 aliphatic carbocycles. The summed E-state index contributed by atoms with van der Waals surface area (Å²) in [5.41, 5.74) is 2.07. The highest BCUT2D eigenvalue weighted by molar-refractivity contribution is 7.99. The van der Waals surface area contributed by atoms with Crippen molar-refractivity contribution >= 4 is 45.1 Å². The number of morpholine rings is 1. The van der Waals surface area contributed by atoms with E-state index in [9.17, 15) is 18.0 Å². The fraction of sp³-hybridized carbons (Fsp3) is 0.360. The molecule has 1 N–H and O–H groups in total. The molecule has 0 atom stereocenters. The zero-order chi connectivity index (χ0) is 27.3. The van der Waals surface area contributed by atoms with Gasteiger partial charge in [0.15, 0.2) is 10.9 Å². The molecule has 4 rings (SSSR count). The number of amides is 1. The lowest BCUT2D eigenvalue weighted by Gasteiger charge is -2.26. The van der Waals surface area contributed by atoms with Gasteiger partial charge in [0.2, 0.25) is 15.9 Å². The van der Waals surface area contributed by atoms with Crippen LogP contribution in [0.1, 0.15) is 28.7 Å². The van der Waals surface area contributed by atoms with Crippen LogP contribution in [-0.2, 0) is 26.0 Å². The first kappa shape index (κ1) is 28.2. The van der Waals surface area contributed by atoms with E-state index >= 15 is 0 Å². The number of carbonyl (C=O) groups is 2. The Labute approximate surface area is 230 Å². The highest BCUT2D eigenvalue weighted by Gasteiger charge is 2.26. The van der Waals surface area contributed by atoms with Crippen LogP contribution >= 0.6 is 23.4 Å². The molecule has 202 valence electrons. The topological polar surface area (TPSA) is 123 Å². The minimum absolute atomic E-state index is 0.0684. The van der Waals surface area contributed by atoms with Crippen LogP contribution in [0, 0.1) is 6.92 Å². The third-order valence-electron chi connectivity index (χ3n) is 5.95. The third-order valence-corrected chi connectivity index (χ3v) is 9.20. The number of thioether (sulfide) groups is 1. The molecule has 0 unspecified atom stereocenters. The number of halogens is 1. The summed E-state index contributed by atoms with van der Waals surface area (Å²) >= 11 is 7.58. The number of benzene rings is 2. The largest absolute Gasteiger partial charge is 0.379 e. The molecule has 1 saturated heterocycles. The fourth-order valence-corrected chi connectivity index (χ4v) is 6.30. The SMILES string of the molecule is CC(=O)NCCc1nnc(SCC(=O)c2ccc(S(=O)(=O)N3CCOCC3)cc2)n1-c1ccc(C)c(Cl)c1. The molecular weight excluding hydrogens is 550 g/mol. The molecule has 13 heteroatoms. The summed E-state index contributed by atoms with van der Waals surface area (Å²) in [6, 6.07) is 11.6. The Morgan fingerprint density at radius 3 is 2.47 bits per heavy atom. The van der Waals surface area contributed by atoms with Crippen LogP contribution in [0.3, 0.4) is 0 Å². The minimum atomic E-state index is -3.63. The van der Waals surface area contributed by atoms with E-state index < -0.39 is 10.0 Å². The molecule has 3 aromatic rings. The number of carbonyl (C=O) groups excluding carboxylic acids is 2. The fourth-order valence-electron chi connectivity index (χ4n) is 3.85. The van der Waals surface area contributed by atoms with Gasteiger partial charge >= 0.3 is 0 Å². The number of aryl methyl sites for hydroxylation is 1. The van der Waals surface area contributed by atoms with Crippen molar-refractivity contribution in [3.63, 3.8) is 0 Å². The van der Waals surface area contributed by atoms with Crippen molar-refractivity contribution in [2.75, 3.05) is 38.6 Å². The Bertz CT molecular complexity index is 1420. The Morgan fingerprint density at radius 1 is 1.11 bits per heavy atom. The van der Waals surface area contributed by atoms with Gasteiger partial charge in [-0.05, 0) is 36.8 Å². The van der Waals surface area contributed by atoms with Gasteiger partial charge in [0.1, 0.15) is 5.82 Å². The number of Topliss-reactive ketones (excluding diaryl/α,β-unsaturated/α-hetero) is 1. The summed E-state index contributed by atoms with van der Waals surface area (Å²) in [4.78, 5) is 24.4. The summed E-state index contributed by atoms with van der Waals surface area (Å²) in [5.74, 6) is 0.366. The molecular formula is C25H28ClN5O5S2. The van der Waals surface area contributed by atoms with Crippen LogP contribution in [-0.4, -0.2) is 77.8 Å². The van der Waals surface area contributed by atoms with Gasteiger partial charge in [-0.3, -0.25) is 14.2 Å². The second-order valence-corrected chi connectivity index (χ2v) is 11.9. The molecule has 38 heavy (non-hydrogen) atoms. The molecule has 2 aromatic carbocycles. The molecule has 1 aromatic heterocycles. The van der Waals surface area contributed by atoms with Crippen molar-refractivity contribution in [2.24, 2.45) is 0 Å². The van der Waals surface area contributed by atoms with Crippen LogP contribution in [0.4, 0.5) is 0 Å². The third kappa shape index (κ3) is 6.62. The summed E-state index contributed by atoms with van der Waals surface area (Å²) in [7, 11) is -3.63. The first-order valence-electron chi connectivity index (χ1n) is 12.0. The van der Waals surface area contributed by atoms with Crippen molar-refractivity contribution in [2.45, 2.75) is 30.3 Å². The molecule has 1 aliphatic rings. The van der Waals surface area contributed by atoms with Gasteiger partial charge in [-0.2, -0.15) is 4.31 Å². The van der Waals surface area contributed by atoms with Gasteiger partial charge in [-0.25, -0.2) is 8.42 Å². The molecule has 0 saturated carbocycles. The van der Waals surface area contributed by atoms with Crippen LogP contribution < -0.4 is 5.32 Å². The van der Waals surface area contributed by atoms with Gasteiger partial charge < -0.3 is 10.1 Å². The van der Waals surface area contributed by atoms with Gasteiger partial charge in [0, 0.05) is 43.6 Å². The summed E-state index contributed by atoms with van der Waals surface area (Å²) in [6.45, 7) is 5.07. The average molecular weight is 578 g/mol. The van der Waals surface area contributed by atoms with Crippen molar-refractivity contribution in [1.29, 1.82) is 0 Å². The summed E-state index contributed by atoms with van der Waals surface area (Å²) < 4.78 is 34.1. The van der Waals surface area contributed by atoms with E-state index in [1.807, 2.05) is 29.7 Å². The van der Waals surface area contributed by atoms with E-state index in [4.69, 9.17) is 16.3 Å². The number of aromatic nitrogens is 3. The number of sulfonamides is 1. The smallest absolute Gasteiger partial charge is 0.243 e. The standard InChI is InChI=1S/C25H28ClN5O5S2/c1-17-3-6-20(15-22(17)26)31-24(9-10-27-18(2)32)28-29-25(31)37-16-23(33)19-4-7-21(8-5-19)38(34,35)30-11-13-36-14-12-30/h3-8,15H,9-14,16H2,1-2H3,(H,27,32). The predicted molar refractivity (Wildman–Crippen MR) is 145 cm³/mol. The molecule has 0 spiro atoms. The number of hydrogen-bond acceptors (Lipinski definition) is 8. The second-order valence-electron chi connectivity index (χ2n) is 8.65. The first-order chi connectivity index (χ1) is 18.2. The van der Waals surface area contributed by atoms with E-state index in [1.54, 1.807) is 0 Å². The van der Waals surface area contributed by atoms with Crippen molar-refractivity contribution in [3.05, 3.63) is 64.4 Å². The van der Waals surface area contributed by atoms with E-state index in [0.717, 1.165) is 11.3 Å². The number of nitrogens with zero attached hydrogens (tertiary/aromatic N) is 4. The molecule has 1 aliphatic heterocycles. The monoisotopic (exact) mass is 577 g/mol. The molecule has 2 heterocycles. The number of hydrogen-bond donors (Lipinski definition) is 1. The van der Waals surface area contributed by atoms with Gasteiger partial charge in [-0.1, -0.05) is 41.6 Å². The lowest BCUT2D eigenvalue weighted by atomic mass is 10.1. The van der Waals surface area contributed by atoms with Crippen molar-refractivity contribution < 1.29 is 22.7 Å². The number of ether oxygens (including phenoxy) is 1. The highest BCUT2D eigenvalue weighted by atomic mass is 35.5. The molecule has 10 nitrogen and oxygen atoms in total. The van der Waals surface area contributed by atoms with Crippen LogP contribution in [0.5, 0.6) is 0 Å². The van der Waals surface area contributed by atoms with Crippen molar-refractivity contribution in [1.82, 2.24) is 24.4 Å². The van der Waals surface area contributed by atoms with E-state index in [1.165, 1.54) is 47.3 Å². The number of rotatable bonds is 10. The second kappa shape index (κ2) is 12.4. The van der Waals surface area contributed by atoms with Gasteiger partial charge in [0.25, 0.3) is 0 Å². The maximum atomic E-state index is 13.0.